The van der Waals surface area contributed by atoms with Crippen molar-refractivity contribution in [2.24, 2.45) is 0 Å². The number of non-ortho nitro benzene ring substituents is 1. The van der Waals surface area contributed by atoms with Crippen LogP contribution in [0.25, 0.3) is 6.08 Å². The summed E-state index contributed by atoms with van der Waals surface area (Å²) in [5.74, 6) is -1.75. The number of ether oxygens (including phenoxy) is 2. The van der Waals surface area contributed by atoms with Crippen molar-refractivity contribution in [2.75, 3.05) is 23.4 Å². The molecule has 0 aromatic heterocycles. The zero-order valence-electron chi connectivity index (χ0n) is 22.7. The number of imide groups is 2. The molecule has 1 fully saturated rings. The molecule has 0 unspecified atom stereocenters. The molecule has 0 bridgehead atoms. The fourth-order valence-electron chi connectivity index (χ4n) is 4.01. The Morgan fingerprint density at radius 3 is 2.40 bits per heavy atom. The molecule has 3 aromatic carbocycles. The lowest BCUT2D eigenvalue weighted by atomic mass is 10.1. The number of carbonyl (C=O) groups excluding carboxylic acids is 4. The lowest BCUT2D eigenvalue weighted by Crippen LogP contribution is -2.54. The average Bonchev–Trinajstić information content (AvgIpc) is 2.93. The van der Waals surface area contributed by atoms with Gasteiger partial charge < -0.3 is 14.8 Å². The maximum Gasteiger partial charge on any atom is 0.335 e. The number of rotatable bonds is 9. The molecule has 5 amide bonds. The van der Waals surface area contributed by atoms with Gasteiger partial charge in [-0.3, -0.25) is 29.8 Å². The van der Waals surface area contributed by atoms with E-state index in [-0.39, 0.29) is 47.6 Å². The number of carbonyl (C=O) groups is 4. The van der Waals surface area contributed by atoms with Crippen molar-refractivity contribution in [3.63, 3.8) is 0 Å². The number of halogens is 1. The lowest BCUT2D eigenvalue weighted by Gasteiger charge is -2.26. The molecule has 3 aromatic rings. The Kier molecular flexibility index (Phi) is 9.01. The van der Waals surface area contributed by atoms with Gasteiger partial charge in [-0.15, -0.1) is 0 Å². The number of anilines is 2. The van der Waals surface area contributed by atoms with Gasteiger partial charge >= 0.3 is 6.03 Å². The van der Waals surface area contributed by atoms with Crippen molar-refractivity contribution in [3.8, 4) is 11.5 Å². The predicted molar refractivity (Wildman–Crippen MR) is 157 cm³/mol. The van der Waals surface area contributed by atoms with Crippen LogP contribution in [0.5, 0.6) is 11.5 Å². The summed E-state index contributed by atoms with van der Waals surface area (Å²) in [7, 11) is 0. The van der Waals surface area contributed by atoms with E-state index in [2.05, 4.69) is 26.6 Å². The first kappa shape index (κ1) is 29.9. The number of amides is 5. The van der Waals surface area contributed by atoms with Crippen molar-refractivity contribution < 1.29 is 33.6 Å². The molecule has 216 valence electrons. The molecular formula is C29H25BrN4O8. The smallest absolute Gasteiger partial charge is 0.335 e. The van der Waals surface area contributed by atoms with Crippen molar-refractivity contribution in [1.82, 2.24) is 5.32 Å². The van der Waals surface area contributed by atoms with Gasteiger partial charge in [0.2, 0.25) is 0 Å². The van der Waals surface area contributed by atoms with E-state index in [1.54, 1.807) is 19.1 Å². The Hall–Kier alpha value is -5.04. The maximum atomic E-state index is 13.2. The van der Waals surface area contributed by atoms with Crippen molar-refractivity contribution in [2.45, 2.75) is 20.8 Å². The van der Waals surface area contributed by atoms with Crippen LogP contribution in [0.15, 0.2) is 64.6 Å². The molecule has 0 saturated carbocycles. The van der Waals surface area contributed by atoms with Crippen LogP contribution >= 0.6 is 15.9 Å². The van der Waals surface area contributed by atoms with Crippen LogP contribution in [-0.4, -0.2) is 41.9 Å². The van der Waals surface area contributed by atoms with Crippen molar-refractivity contribution in [3.05, 3.63) is 91.4 Å². The maximum absolute atomic E-state index is 13.2. The molecule has 1 aliphatic heterocycles. The van der Waals surface area contributed by atoms with E-state index in [1.807, 2.05) is 26.0 Å². The molecule has 1 heterocycles. The highest BCUT2D eigenvalue weighted by molar-refractivity contribution is 9.10. The quantitative estimate of drug-likeness (QED) is 0.143. The molecule has 1 saturated heterocycles. The zero-order valence-corrected chi connectivity index (χ0v) is 24.3. The number of nitro benzene ring substituents is 1. The van der Waals surface area contributed by atoms with Gasteiger partial charge in [-0.1, -0.05) is 6.07 Å². The summed E-state index contributed by atoms with van der Waals surface area (Å²) in [6.07, 6.45) is 1.27. The van der Waals surface area contributed by atoms with Gasteiger partial charge in [0.25, 0.3) is 23.4 Å². The number of benzene rings is 3. The third kappa shape index (κ3) is 6.63. The minimum absolute atomic E-state index is 0.0421. The summed E-state index contributed by atoms with van der Waals surface area (Å²) in [6.45, 7) is 5.60. The Morgan fingerprint density at radius 2 is 1.76 bits per heavy atom. The second-order valence-electron chi connectivity index (χ2n) is 9.13. The van der Waals surface area contributed by atoms with E-state index >= 15 is 0 Å². The Morgan fingerprint density at radius 1 is 1.05 bits per heavy atom. The highest BCUT2D eigenvalue weighted by atomic mass is 79.9. The standard InChI is InChI=1S/C29H25BrN4O8/c1-4-41-24-14-18(13-23(30)26(24)42-15-25(35)31-19-6-5-16(2)17(3)11-19)12-22-27(36)32-29(38)33(28(22)37)20-7-9-21(10-8-20)34(39)40/h5-14H,4,15H2,1-3H3,(H,31,35)(H,32,36,38)/b22-12-. The molecule has 0 radical (unpaired) electrons. The number of nitro groups is 1. The SMILES string of the molecule is CCOc1cc(/C=C2/C(=O)NC(=O)N(c3ccc([N+](=O)[O-])cc3)C2=O)cc(Br)c1OCC(=O)Nc1ccc(C)c(C)c1. The van der Waals surface area contributed by atoms with E-state index in [0.717, 1.165) is 23.3 Å². The highest BCUT2D eigenvalue weighted by Gasteiger charge is 2.37. The number of hydrogen-bond donors (Lipinski definition) is 2. The third-order valence-corrected chi connectivity index (χ3v) is 6.79. The normalized spacial score (nSPS) is 14.0. The van der Waals surface area contributed by atoms with E-state index in [9.17, 15) is 29.3 Å². The van der Waals surface area contributed by atoms with Crippen molar-refractivity contribution >= 4 is 62.8 Å². The Balaban J connectivity index is 1.57. The van der Waals surface area contributed by atoms with Crippen LogP contribution < -0.4 is 25.0 Å². The minimum Gasteiger partial charge on any atom is -0.490 e. The van der Waals surface area contributed by atoms with Gasteiger partial charge in [0.05, 0.1) is 21.7 Å². The van der Waals surface area contributed by atoms with Crippen LogP contribution in [0.1, 0.15) is 23.6 Å². The Bertz CT molecular complexity index is 1640. The summed E-state index contributed by atoms with van der Waals surface area (Å²) in [5.41, 5.74) is 2.58. The van der Waals surface area contributed by atoms with Crippen LogP contribution in [-0.2, 0) is 14.4 Å². The van der Waals surface area contributed by atoms with Gasteiger partial charge in [-0.2, -0.15) is 0 Å². The molecule has 42 heavy (non-hydrogen) atoms. The molecule has 1 aliphatic rings. The molecule has 4 rings (SSSR count). The number of barbiturate groups is 1. The van der Waals surface area contributed by atoms with Gasteiger partial charge in [-0.05, 0) is 95.9 Å². The number of nitrogens with zero attached hydrogens (tertiary/aromatic N) is 2. The van der Waals surface area contributed by atoms with Gasteiger partial charge in [-0.25, -0.2) is 9.69 Å². The van der Waals surface area contributed by atoms with E-state index < -0.39 is 22.8 Å². The van der Waals surface area contributed by atoms with Gasteiger partial charge in [0, 0.05) is 17.8 Å². The number of aryl methyl sites for hydroxylation is 2. The summed E-state index contributed by atoms with van der Waals surface area (Å²) >= 11 is 3.40. The highest BCUT2D eigenvalue weighted by Crippen LogP contribution is 2.38. The van der Waals surface area contributed by atoms with Crippen LogP contribution in [0.2, 0.25) is 0 Å². The first-order chi connectivity index (χ1) is 20.0. The first-order valence-electron chi connectivity index (χ1n) is 12.6. The third-order valence-electron chi connectivity index (χ3n) is 6.20. The second kappa shape index (κ2) is 12.6. The molecule has 13 heteroatoms. The Labute approximate surface area is 248 Å². The molecular weight excluding hydrogens is 612 g/mol. The summed E-state index contributed by atoms with van der Waals surface area (Å²) < 4.78 is 11.8. The summed E-state index contributed by atoms with van der Waals surface area (Å²) in [5, 5.41) is 15.8. The summed E-state index contributed by atoms with van der Waals surface area (Å²) in [6, 6.07) is 12.4. The van der Waals surface area contributed by atoms with Crippen LogP contribution in [0.3, 0.4) is 0 Å². The largest absolute Gasteiger partial charge is 0.490 e. The van der Waals surface area contributed by atoms with E-state index in [0.29, 0.717) is 20.6 Å². The van der Waals surface area contributed by atoms with E-state index in [1.165, 1.54) is 24.3 Å². The monoisotopic (exact) mass is 636 g/mol. The van der Waals surface area contributed by atoms with Crippen molar-refractivity contribution in [1.29, 1.82) is 0 Å². The number of hydrogen-bond acceptors (Lipinski definition) is 8. The fraction of sp³-hybridized carbons (Fsp3) is 0.172. The topological polar surface area (TPSA) is 157 Å². The zero-order chi connectivity index (χ0) is 30.6. The van der Waals surface area contributed by atoms with Gasteiger partial charge in [0.15, 0.2) is 18.1 Å². The molecule has 0 atom stereocenters. The van der Waals surface area contributed by atoms with Gasteiger partial charge in [0.1, 0.15) is 5.57 Å². The molecule has 12 nitrogen and oxygen atoms in total. The molecule has 0 aliphatic carbocycles. The number of nitrogens with one attached hydrogen (secondary N) is 2. The fourth-order valence-corrected chi connectivity index (χ4v) is 4.58. The molecule has 2 N–H and O–H groups in total. The number of urea groups is 1. The minimum atomic E-state index is -0.991. The lowest BCUT2D eigenvalue weighted by molar-refractivity contribution is -0.384. The van der Waals surface area contributed by atoms with Crippen LogP contribution in [0.4, 0.5) is 21.9 Å². The molecule has 0 spiro atoms. The second-order valence-corrected chi connectivity index (χ2v) is 9.98. The summed E-state index contributed by atoms with van der Waals surface area (Å²) in [4.78, 5) is 61.9. The predicted octanol–water partition coefficient (Wildman–Crippen LogP) is 5.06. The van der Waals surface area contributed by atoms with E-state index in [4.69, 9.17) is 9.47 Å². The van der Waals surface area contributed by atoms with Crippen LogP contribution in [0, 0.1) is 24.0 Å². The first-order valence-corrected chi connectivity index (χ1v) is 13.4. The average molecular weight is 637 g/mol.